The van der Waals surface area contributed by atoms with Gasteiger partial charge in [0.1, 0.15) is 0 Å². The molecule has 0 fully saturated rings. The Bertz CT molecular complexity index is 459. The van der Waals surface area contributed by atoms with E-state index in [2.05, 4.69) is 51.7 Å². The van der Waals surface area contributed by atoms with E-state index in [-0.39, 0.29) is 0 Å². The number of hydrogen-bond acceptors (Lipinski definition) is 3. The second kappa shape index (κ2) is 5.36. The zero-order chi connectivity index (χ0) is 12.3. The van der Waals surface area contributed by atoms with E-state index < -0.39 is 0 Å². The molecule has 0 spiro atoms. The maximum atomic E-state index is 4.51. The first kappa shape index (κ1) is 12.2. The number of nitrogens with one attached hydrogen (secondary N) is 1. The molecule has 2 heterocycles. The van der Waals surface area contributed by atoms with Gasteiger partial charge in [0.2, 0.25) is 5.95 Å². The second-order valence-corrected chi connectivity index (χ2v) is 5.11. The maximum Gasteiger partial charge on any atom is 0.203 e. The molecule has 0 aliphatic rings. The summed E-state index contributed by atoms with van der Waals surface area (Å²) in [6.07, 6.45) is 3.17. The minimum atomic E-state index is 0.430. The molecule has 0 aliphatic heterocycles. The number of thiophene rings is 1. The smallest absolute Gasteiger partial charge is 0.203 e. The summed E-state index contributed by atoms with van der Waals surface area (Å²) in [6, 6.07) is 2.62. The average molecular weight is 249 g/mol. The first-order valence-electron chi connectivity index (χ1n) is 6.01. The number of aryl methyl sites for hydroxylation is 1. The van der Waals surface area contributed by atoms with E-state index in [0.717, 1.165) is 24.6 Å². The van der Waals surface area contributed by atoms with Gasteiger partial charge in [-0.25, -0.2) is 4.98 Å². The summed E-state index contributed by atoms with van der Waals surface area (Å²) in [5, 5.41) is 7.66. The van der Waals surface area contributed by atoms with Gasteiger partial charge in [-0.05, 0) is 49.6 Å². The van der Waals surface area contributed by atoms with Gasteiger partial charge in [-0.1, -0.05) is 0 Å². The van der Waals surface area contributed by atoms with Gasteiger partial charge in [0.15, 0.2) is 0 Å². The Hall–Kier alpha value is -1.29. The maximum absolute atomic E-state index is 4.51. The molecule has 0 aromatic carbocycles. The Morgan fingerprint density at radius 2 is 2.35 bits per heavy atom. The minimum absolute atomic E-state index is 0.430. The van der Waals surface area contributed by atoms with E-state index >= 15 is 0 Å². The monoisotopic (exact) mass is 249 g/mol. The van der Waals surface area contributed by atoms with Crippen molar-refractivity contribution in [3.8, 4) is 0 Å². The normalized spacial score (nSPS) is 12.6. The summed E-state index contributed by atoms with van der Waals surface area (Å²) in [5.74, 6) is 0.979. The molecule has 0 bridgehead atoms. The van der Waals surface area contributed by atoms with Gasteiger partial charge in [-0.3, -0.25) is 0 Å². The number of anilines is 1. The minimum Gasteiger partial charge on any atom is -0.356 e. The van der Waals surface area contributed by atoms with E-state index in [9.17, 15) is 0 Å². The van der Waals surface area contributed by atoms with Gasteiger partial charge in [-0.15, -0.1) is 0 Å². The van der Waals surface area contributed by atoms with Crippen LogP contribution in [0.1, 0.15) is 31.1 Å². The fourth-order valence-corrected chi connectivity index (χ4v) is 2.67. The van der Waals surface area contributed by atoms with E-state index in [4.69, 9.17) is 0 Å². The van der Waals surface area contributed by atoms with Crippen molar-refractivity contribution < 1.29 is 0 Å². The first-order valence-corrected chi connectivity index (χ1v) is 6.95. The highest BCUT2D eigenvalue weighted by Crippen LogP contribution is 2.21. The SMILES string of the molecule is CCNc1nc(C)cn1C(C)Cc1ccsc1. The molecule has 1 atom stereocenters. The largest absolute Gasteiger partial charge is 0.356 e. The third-order valence-corrected chi connectivity index (χ3v) is 3.51. The summed E-state index contributed by atoms with van der Waals surface area (Å²) in [4.78, 5) is 4.51. The highest BCUT2D eigenvalue weighted by atomic mass is 32.1. The molecule has 2 aromatic rings. The molecular weight excluding hydrogens is 230 g/mol. The molecule has 0 saturated carbocycles. The number of nitrogens with zero attached hydrogens (tertiary/aromatic N) is 2. The van der Waals surface area contributed by atoms with Crippen LogP contribution in [0.3, 0.4) is 0 Å². The Kier molecular flexibility index (Phi) is 3.84. The molecule has 2 rings (SSSR count). The number of rotatable bonds is 5. The highest BCUT2D eigenvalue weighted by molar-refractivity contribution is 7.07. The Balaban J connectivity index is 2.15. The number of imidazole rings is 1. The summed E-state index contributed by atoms with van der Waals surface area (Å²) in [7, 11) is 0. The van der Waals surface area contributed by atoms with Crippen molar-refractivity contribution in [2.24, 2.45) is 0 Å². The van der Waals surface area contributed by atoms with Crippen LogP contribution in [0, 0.1) is 6.92 Å². The molecule has 17 heavy (non-hydrogen) atoms. The molecular formula is C13H19N3S. The Labute approximate surface area is 107 Å². The van der Waals surface area contributed by atoms with Crippen LogP contribution >= 0.6 is 11.3 Å². The second-order valence-electron chi connectivity index (χ2n) is 4.33. The summed E-state index contributed by atoms with van der Waals surface area (Å²) in [5.41, 5.74) is 2.47. The summed E-state index contributed by atoms with van der Waals surface area (Å²) >= 11 is 1.76. The fourth-order valence-electron chi connectivity index (χ4n) is 1.99. The van der Waals surface area contributed by atoms with Gasteiger partial charge in [0.25, 0.3) is 0 Å². The van der Waals surface area contributed by atoms with Gasteiger partial charge in [0, 0.05) is 18.8 Å². The zero-order valence-electron chi connectivity index (χ0n) is 10.6. The van der Waals surface area contributed by atoms with Crippen molar-refractivity contribution in [3.63, 3.8) is 0 Å². The average Bonchev–Trinajstić information content (AvgIpc) is 2.88. The van der Waals surface area contributed by atoms with Crippen LogP contribution in [-0.2, 0) is 6.42 Å². The van der Waals surface area contributed by atoms with Crippen LogP contribution < -0.4 is 5.32 Å². The Morgan fingerprint density at radius 1 is 1.53 bits per heavy atom. The van der Waals surface area contributed by atoms with Crippen molar-refractivity contribution in [2.45, 2.75) is 33.2 Å². The van der Waals surface area contributed by atoms with Crippen molar-refractivity contribution in [1.29, 1.82) is 0 Å². The van der Waals surface area contributed by atoms with E-state index in [1.807, 2.05) is 6.92 Å². The van der Waals surface area contributed by atoms with Crippen LogP contribution in [0.5, 0.6) is 0 Å². The lowest BCUT2D eigenvalue weighted by Gasteiger charge is -2.16. The van der Waals surface area contributed by atoms with Crippen LogP contribution in [0.15, 0.2) is 23.0 Å². The highest BCUT2D eigenvalue weighted by Gasteiger charge is 2.12. The molecule has 1 N–H and O–H groups in total. The third kappa shape index (κ3) is 2.88. The van der Waals surface area contributed by atoms with E-state index in [1.54, 1.807) is 11.3 Å². The van der Waals surface area contributed by atoms with Crippen molar-refractivity contribution in [2.75, 3.05) is 11.9 Å². The topological polar surface area (TPSA) is 29.9 Å². The van der Waals surface area contributed by atoms with Crippen molar-refractivity contribution in [3.05, 3.63) is 34.3 Å². The molecule has 4 heteroatoms. The number of aromatic nitrogens is 2. The van der Waals surface area contributed by atoms with Gasteiger partial charge in [0.05, 0.1) is 5.69 Å². The van der Waals surface area contributed by atoms with Crippen molar-refractivity contribution >= 4 is 17.3 Å². The van der Waals surface area contributed by atoms with Crippen LogP contribution in [0.25, 0.3) is 0 Å². The quantitative estimate of drug-likeness (QED) is 0.879. The van der Waals surface area contributed by atoms with Crippen molar-refractivity contribution in [1.82, 2.24) is 9.55 Å². The lowest BCUT2D eigenvalue weighted by Crippen LogP contribution is -2.12. The lowest BCUT2D eigenvalue weighted by atomic mass is 10.1. The lowest BCUT2D eigenvalue weighted by molar-refractivity contribution is 0.550. The first-order chi connectivity index (χ1) is 8.20. The van der Waals surface area contributed by atoms with E-state index in [1.165, 1.54) is 5.56 Å². The Morgan fingerprint density at radius 3 is 3.00 bits per heavy atom. The van der Waals surface area contributed by atoms with E-state index in [0.29, 0.717) is 6.04 Å². The number of hydrogen-bond donors (Lipinski definition) is 1. The van der Waals surface area contributed by atoms with Crippen LogP contribution in [0.4, 0.5) is 5.95 Å². The predicted molar refractivity (Wildman–Crippen MR) is 73.9 cm³/mol. The molecule has 1 unspecified atom stereocenters. The molecule has 2 aromatic heterocycles. The molecule has 0 saturated heterocycles. The zero-order valence-corrected chi connectivity index (χ0v) is 11.4. The molecule has 3 nitrogen and oxygen atoms in total. The fraction of sp³-hybridized carbons (Fsp3) is 0.462. The summed E-state index contributed by atoms with van der Waals surface area (Å²) in [6.45, 7) is 7.27. The van der Waals surface area contributed by atoms with Gasteiger partial charge in [-0.2, -0.15) is 11.3 Å². The molecule has 92 valence electrons. The predicted octanol–water partition coefficient (Wildman–Crippen LogP) is 3.49. The van der Waals surface area contributed by atoms with Gasteiger partial charge >= 0.3 is 0 Å². The van der Waals surface area contributed by atoms with Crippen LogP contribution in [-0.4, -0.2) is 16.1 Å². The molecule has 0 radical (unpaired) electrons. The van der Waals surface area contributed by atoms with Crippen LogP contribution in [0.2, 0.25) is 0 Å². The molecule has 0 amide bonds. The van der Waals surface area contributed by atoms with Gasteiger partial charge < -0.3 is 9.88 Å². The summed E-state index contributed by atoms with van der Waals surface area (Å²) < 4.78 is 2.23. The molecule has 0 aliphatic carbocycles. The standard InChI is InChI=1S/C13H19N3S/c1-4-14-13-15-10(2)8-16(13)11(3)7-12-5-6-17-9-12/h5-6,8-9,11H,4,7H2,1-3H3,(H,14,15). The third-order valence-electron chi connectivity index (χ3n) is 2.77.